The lowest BCUT2D eigenvalue weighted by molar-refractivity contribution is -0.119. The van der Waals surface area contributed by atoms with Crippen molar-refractivity contribution >= 4 is 44.8 Å². The van der Waals surface area contributed by atoms with Crippen LogP contribution in [0.1, 0.15) is 23.7 Å². The molecule has 0 unspecified atom stereocenters. The topological polar surface area (TPSA) is 138 Å². The zero-order valence-corrected chi connectivity index (χ0v) is 21.8. The summed E-state index contributed by atoms with van der Waals surface area (Å²) in [5, 5.41) is 17.9. The van der Waals surface area contributed by atoms with Crippen LogP contribution < -0.4 is 15.8 Å². The van der Waals surface area contributed by atoms with Gasteiger partial charge < -0.3 is 25.8 Å². The second-order valence-electron chi connectivity index (χ2n) is 9.16. The van der Waals surface area contributed by atoms with Crippen LogP contribution in [0.2, 0.25) is 0 Å². The van der Waals surface area contributed by atoms with Gasteiger partial charge in [0.25, 0.3) is 0 Å². The van der Waals surface area contributed by atoms with Gasteiger partial charge in [-0.3, -0.25) is 9.69 Å². The summed E-state index contributed by atoms with van der Waals surface area (Å²) in [5.41, 5.74) is 10.9. The SMILES string of the molecule is COc1cc(C)cc2cc(-c3c(CNC(C)=O)c(CN4CCN(C(=O)O)CC4)n4ncnc(N)c34)sc12. The van der Waals surface area contributed by atoms with Crippen molar-refractivity contribution in [3.8, 4) is 16.2 Å². The molecular weight excluding hydrogens is 494 g/mol. The van der Waals surface area contributed by atoms with Crippen LogP contribution in [0.5, 0.6) is 5.75 Å². The Labute approximate surface area is 217 Å². The Morgan fingerprint density at radius 1 is 1.22 bits per heavy atom. The first kappa shape index (κ1) is 24.8. The highest BCUT2D eigenvalue weighted by Gasteiger charge is 2.28. The van der Waals surface area contributed by atoms with E-state index in [1.165, 1.54) is 18.2 Å². The van der Waals surface area contributed by atoms with Crippen molar-refractivity contribution < 1.29 is 19.4 Å². The monoisotopic (exact) mass is 523 g/mol. The number of carbonyl (C=O) groups is 2. The number of ether oxygens (including phenoxy) is 1. The summed E-state index contributed by atoms with van der Waals surface area (Å²) in [6.45, 7) is 6.38. The van der Waals surface area contributed by atoms with Crippen molar-refractivity contribution in [2.75, 3.05) is 39.0 Å². The molecule has 1 saturated heterocycles. The number of methoxy groups -OCH3 is 1. The number of hydrogen-bond acceptors (Lipinski definition) is 8. The Bertz CT molecular complexity index is 1500. The fourth-order valence-electron chi connectivity index (χ4n) is 4.90. The molecule has 0 bridgehead atoms. The smallest absolute Gasteiger partial charge is 0.407 e. The van der Waals surface area contributed by atoms with Crippen molar-refractivity contribution in [3.05, 3.63) is 41.3 Å². The lowest BCUT2D eigenvalue weighted by Gasteiger charge is -2.33. The van der Waals surface area contributed by atoms with Crippen molar-refractivity contribution in [3.63, 3.8) is 0 Å². The quantitative estimate of drug-likeness (QED) is 0.351. The van der Waals surface area contributed by atoms with Crippen LogP contribution in [0.4, 0.5) is 10.6 Å². The molecule has 0 radical (unpaired) electrons. The summed E-state index contributed by atoms with van der Waals surface area (Å²) in [7, 11) is 1.66. The van der Waals surface area contributed by atoms with E-state index in [0.717, 1.165) is 43.1 Å². The minimum absolute atomic E-state index is 0.144. The number of rotatable bonds is 6. The number of benzene rings is 1. The molecule has 0 saturated carbocycles. The van der Waals surface area contributed by atoms with Gasteiger partial charge in [0.05, 0.1) is 17.5 Å². The average molecular weight is 524 g/mol. The van der Waals surface area contributed by atoms with Crippen molar-refractivity contribution in [2.24, 2.45) is 0 Å². The fraction of sp³-hybridized carbons (Fsp3) is 0.360. The lowest BCUT2D eigenvalue weighted by atomic mass is 10.1. The molecule has 3 aromatic heterocycles. The van der Waals surface area contributed by atoms with Crippen molar-refractivity contribution in [1.82, 2.24) is 29.7 Å². The van der Waals surface area contributed by atoms with Crippen molar-refractivity contribution in [2.45, 2.75) is 26.9 Å². The van der Waals surface area contributed by atoms with Crippen LogP contribution in [0, 0.1) is 6.92 Å². The molecule has 5 rings (SSSR count). The van der Waals surface area contributed by atoms with Crippen LogP contribution in [-0.4, -0.2) is 74.8 Å². The number of aromatic nitrogens is 3. The summed E-state index contributed by atoms with van der Waals surface area (Å²) in [5.74, 6) is 1.01. The number of nitrogens with zero attached hydrogens (tertiary/aromatic N) is 5. The predicted octanol–water partition coefficient (Wildman–Crippen LogP) is 2.94. The molecule has 194 valence electrons. The van der Waals surface area contributed by atoms with E-state index >= 15 is 0 Å². The predicted molar refractivity (Wildman–Crippen MR) is 142 cm³/mol. The maximum Gasteiger partial charge on any atom is 0.407 e. The average Bonchev–Trinajstić information content (AvgIpc) is 3.42. The van der Waals surface area contributed by atoms with Gasteiger partial charge in [0.15, 0.2) is 5.82 Å². The second-order valence-corrected chi connectivity index (χ2v) is 10.2. The summed E-state index contributed by atoms with van der Waals surface area (Å²) >= 11 is 1.60. The van der Waals surface area contributed by atoms with Gasteiger partial charge in [-0.15, -0.1) is 11.3 Å². The Balaban J connectivity index is 1.67. The Morgan fingerprint density at radius 3 is 2.65 bits per heavy atom. The normalized spacial score (nSPS) is 14.4. The molecule has 11 nitrogen and oxygen atoms in total. The molecule has 4 N–H and O–H groups in total. The third-order valence-corrected chi connectivity index (χ3v) is 7.87. The molecular formula is C25H29N7O4S. The van der Waals surface area contributed by atoms with Gasteiger partial charge in [0, 0.05) is 62.2 Å². The van der Waals surface area contributed by atoms with Gasteiger partial charge in [0.2, 0.25) is 5.91 Å². The largest absolute Gasteiger partial charge is 0.495 e. The van der Waals surface area contributed by atoms with Gasteiger partial charge in [-0.05, 0) is 30.0 Å². The Hall–Kier alpha value is -3.90. The first-order valence-corrected chi connectivity index (χ1v) is 12.7. The molecule has 1 fully saturated rings. The fourth-order valence-corrected chi connectivity index (χ4v) is 6.11. The van der Waals surface area contributed by atoms with Crippen LogP contribution >= 0.6 is 11.3 Å². The van der Waals surface area contributed by atoms with Crippen LogP contribution in [0.15, 0.2) is 24.5 Å². The van der Waals surface area contributed by atoms with Crippen LogP contribution in [-0.2, 0) is 17.9 Å². The summed E-state index contributed by atoms with van der Waals surface area (Å²) < 4.78 is 8.49. The third kappa shape index (κ3) is 4.65. The van der Waals surface area contributed by atoms with E-state index in [1.807, 2.05) is 17.5 Å². The molecule has 37 heavy (non-hydrogen) atoms. The van der Waals surface area contributed by atoms with E-state index in [4.69, 9.17) is 10.5 Å². The van der Waals surface area contributed by atoms with Crippen molar-refractivity contribution in [1.29, 1.82) is 0 Å². The third-order valence-electron chi connectivity index (χ3n) is 6.68. The van der Waals surface area contributed by atoms with E-state index in [1.54, 1.807) is 18.4 Å². The Morgan fingerprint density at radius 2 is 1.97 bits per heavy atom. The van der Waals surface area contributed by atoms with E-state index in [2.05, 4.69) is 32.4 Å². The van der Waals surface area contributed by atoms with E-state index < -0.39 is 6.09 Å². The maximum absolute atomic E-state index is 12.0. The highest BCUT2D eigenvalue weighted by Crippen LogP contribution is 2.44. The Kier molecular flexibility index (Phi) is 6.61. The maximum atomic E-state index is 12.0. The molecule has 0 aliphatic carbocycles. The van der Waals surface area contributed by atoms with E-state index in [9.17, 15) is 14.7 Å². The number of carboxylic acid groups (broad SMARTS) is 1. The number of amides is 2. The molecule has 0 spiro atoms. The molecule has 12 heteroatoms. The number of hydrogen-bond donors (Lipinski definition) is 3. The molecule has 1 aromatic carbocycles. The van der Waals surface area contributed by atoms with E-state index in [-0.39, 0.29) is 5.91 Å². The highest BCUT2D eigenvalue weighted by molar-refractivity contribution is 7.22. The van der Waals surface area contributed by atoms with Crippen LogP contribution in [0.3, 0.4) is 0 Å². The highest BCUT2D eigenvalue weighted by atomic mass is 32.1. The standard InChI is InChI=1S/C25H29N7O4S/c1-14-8-16-10-20(37-23(16)19(9-14)36-3)21-17(11-27-15(2)33)18(32-22(21)24(26)28-13-29-32)12-30-4-6-31(7-5-30)25(34)35/h8-10,13H,4-7,11-12H2,1-3H3,(H,27,33)(H,34,35)(H2,26,28,29). The first-order chi connectivity index (χ1) is 17.8. The number of fused-ring (bicyclic) bond motifs is 2. The number of nitrogens with two attached hydrogens (primary N) is 1. The zero-order chi connectivity index (χ0) is 26.3. The molecule has 1 aliphatic heterocycles. The first-order valence-electron chi connectivity index (χ1n) is 11.9. The second kappa shape index (κ2) is 9.87. The summed E-state index contributed by atoms with van der Waals surface area (Å²) in [4.78, 5) is 32.2. The number of aryl methyl sites for hydroxylation is 1. The number of nitrogens with one attached hydrogen (secondary N) is 1. The van der Waals surface area contributed by atoms with Gasteiger partial charge in [-0.2, -0.15) is 5.10 Å². The molecule has 2 amide bonds. The zero-order valence-electron chi connectivity index (χ0n) is 20.9. The summed E-state index contributed by atoms with van der Waals surface area (Å²) in [6, 6.07) is 6.24. The molecule has 4 heterocycles. The van der Waals surface area contributed by atoms with Gasteiger partial charge in [-0.25, -0.2) is 14.3 Å². The molecule has 4 aromatic rings. The number of thiophene rings is 1. The number of piperazine rings is 1. The van der Waals surface area contributed by atoms with Gasteiger partial charge in [0.1, 0.15) is 17.6 Å². The van der Waals surface area contributed by atoms with Gasteiger partial charge >= 0.3 is 6.09 Å². The number of carbonyl (C=O) groups excluding carboxylic acids is 1. The molecule has 0 atom stereocenters. The van der Waals surface area contributed by atoms with E-state index in [0.29, 0.717) is 50.6 Å². The van der Waals surface area contributed by atoms with Gasteiger partial charge in [-0.1, -0.05) is 6.07 Å². The summed E-state index contributed by atoms with van der Waals surface area (Å²) in [6.07, 6.45) is 0.523. The lowest BCUT2D eigenvalue weighted by Crippen LogP contribution is -2.48. The minimum atomic E-state index is -0.905. The number of anilines is 1. The minimum Gasteiger partial charge on any atom is -0.495 e. The van der Waals surface area contributed by atoms with Crippen LogP contribution in [0.25, 0.3) is 26.0 Å². The number of nitrogen functional groups attached to an aromatic ring is 1. The molecule has 1 aliphatic rings.